The molecule has 0 spiro atoms. The molecule has 0 aliphatic heterocycles. The fourth-order valence-electron chi connectivity index (χ4n) is 2.00. The number of aromatic nitrogens is 2. The Morgan fingerprint density at radius 1 is 1.04 bits per heavy atom. The van der Waals surface area contributed by atoms with Crippen LogP contribution in [0.4, 0.5) is 0 Å². The second-order valence-corrected chi connectivity index (χ2v) is 5.20. The van der Waals surface area contributed by atoms with Crippen molar-refractivity contribution in [3.8, 4) is 11.5 Å². The molecule has 1 heterocycles. The van der Waals surface area contributed by atoms with Crippen LogP contribution in [0.5, 0.6) is 0 Å². The van der Waals surface area contributed by atoms with Crippen LogP contribution in [0.15, 0.2) is 59.0 Å². The van der Waals surface area contributed by atoms with Gasteiger partial charge in [0.1, 0.15) is 0 Å². The fraction of sp³-hybridized carbons (Fsp3) is 0.118. The average Bonchev–Trinajstić information content (AvgIpc) is 3.05. The lowest BCUT2D eigenvalue weighted by Gasteiger charge is -2.04. The van der Waals surface area contributed by atoms with Gasteiger partial charge in [-0.05, 0) is 23.8 Å². The second kappa shape index (κ2) is 7.07. The number of nitrogens with zero attached hydrogens (tertiary/aromatic N) is 2. The van der Waals surface area contributed by atoms with Crippen molar-refractivity contribution in [2.75, 3.05) is 0 Å². The van der Waals surface area contributed by atoms with Gasteiger partial charge in [0.15, 0.2) is 6.61 Å². The quantitative estimate of drug-likeness (QED) is 0.668. The first kappa shape index (κ1) is 15.2. The zero-order chi connectivity index (χ0) is 16.1. The summed E-state index contributed by atoms with van der Waals surface area (Å²) in [6, 6.07) is 16.5. The first-order chi connectivity index (χ1) is 11.2. The van der Waals surface area contributed by atoms with E-state index in [9.17, 15) is 4.79 Å². The Morgan fingerprint density at radius 3 is 2.57 bits per heavy atom. The molecule has 0 saturated carbocycles. The molecule has 0 aliphatic carbocycles. The van der Waals surface area contributed by atoms with Crippen molar-refractivity contribution < 1.29 is 13.9 Å². The van der Waals surface area contributed by atoms with Gasteiger partial charge in [0.2, 0.25) is 5.89 Å². The molecule has 116 valence electrons. The van der Waals surface area contributed by atoms with Crippen molar-refractivity contribution in [3.63, 3.8) is 0 Å². The van der Waals surface area contributed by atoms with Gasteiger partial charge in [-0.2, -0.15) is 0 Å². The van der Waals surface area contributed by atoms with Crippen LogP contribution in [0.2, 0.25) is 5.02 Å². The molecule has 2 aromatic carbocycles. The molecule has 0 radical (unpaired) electrons. The average molecular weight is 329 g/mol. The summed E-state index contributed by atoms with van der Waals surface area (Å²) in [5.41, 5.74) is 1.53. The van der Waals surface area contributed by atoms with Gasteiger partial charge >= 0.3 is 5.97 Å². The highest BCUT2D eigenvalue weighted by molar-refractivity contribution is 6.31. The largest absolute Gasteiger partial charge is 0.455 e. The van der Waals surface area contributed by atoms with Gasteiger partial charge in [0, 0.05) is 10.6 Å². The third kappa shape index (κ3) is 3.96. The third-order valence-electron chi connectivity index (χ3n) is 3.14. The Labute approximate surface area is 137 Å². The molecule has 0 saturated heterocycles. The SMILES string of the molecule is O=C(Cc1ccccc1Cl)OCc1nnc(-c2ccccc2)o1. The van der Waals surface area contributed by atoms with Crippen LogP contribution in [0.3, 0.4) is 0 Å². The molecule has 0 fully saturated rings. The molecule has 0 atom stereocenters. The number of carbonyl (C=O) groups excluding carboxylic acids is 1. The van der Waals surface area contributed by atoms with Gasteiger partial charge in [-0.3, -0.25) is 4.79 Å². The highest BCUT2D eigenvalue weighted by Gasteiger charge is 2.12. The molecule has 3 rings (SSSR count). The standard InChI is InChI=1S/C17H13ClN2O3/c18-14-9-5-4-8-13(14)10-16(21)22-11-15-19-20-17(23-15)12-6-2-1-3-7-12/h1-9H,10-11H2. The minimum atomic E-state index is -0.405. The lowest BCUT2D eigenvalue weighted by molar-refractivity contribution is -0.144. The monoisotopic (exact) mass is 328 g/mol. The zero-order valence-electron chi connectivity index (χ0n) is 12.1. The molecule has 0 aliphatic rings. The summed E-state index contributed by atoms with van der Waals surface area (Å²) in [7, 11) is 0. The van der Waals surface area contributed by atoms with Gasteiger partial charge < -0.3 is 9.15 Å². The maximum atomic E-state index is 11.8. The van der Waals surface area contributed by atoms with Gasteiger partial charge in [0.05, 0.1) is 6.42 Å². The van der Waals surface area contributed by atoms with E-state index < -0.39 is 5.97 Å². The van der Waals surface area contributed by atoms with E-state index in [4.69, 9.17) is 20.8 Å². The van der Waals surface area contributed by atoms with Crippen LogP contribution >= 0.6 is 11.6 Å². The van der Waals surface area contributed by atoms with E-state index in [2.05, 4.69) is 10.2 Å². The van der Waals surface area contributed by atoms with Gasteiger partial charge in [-0.25, -0.2) is 0 Å². The Bertz CT molecular complexity index is 802. The fourth-order valence-corrected chi connectivity index (χ4v) is 2.20. The van der Waals surface area contributed by atoms with E-state index in [-0.39, 0.29) is 18.9 Å². The molecule has 0 N–H and O–H groups in total. The van der Waals surface area contributed by atoms with Gasteiger partial charge in [0.25, 0.3) is 5.89 Å². The molecule has 1 aromatic heterocycles. The topological polar surface area (TPSA) is 65.2 Å². The summed E-state index contributed by atoms with van der Waals surface area (Å²) in [5, 5.41) is 8.34. The van der Waals surface area contributed by atoms with Crippen LogP contribution in [0.1, 0.15) is 11.5 Å². The van der Waals surface area contributed by atoms with Crippen molar-refractivity contribution >= 4 is 17.6 Å². The number of benzene rings is 2. The zero-order valence-corrected chi connectivity index (χ0v) is 12.9. The minimum Gasteiger partial charge on any atom is -0.455 e. The Kier molecular flexibility index (Phi) is 4.68. The van der Waals surface area contributed by atoms with Crippen molar-refractivity contribution in [2.24, 2.45) is 0 Å². The van der Waals surface area contributed by atoms with Crippen LogP contribution in [-0.2, 0) is 22.6 Å². The number of carbonyl (C=O) groups is 1. The normalized spacial score (nSPS) is 10.5. The molecule has 0 unspecified atom stereocenters. The summed E-state index contributed by atoms with van der Waals surface area (Å²) in [4.78, 5) is 11.8. The van der Waals surface area contributed by atoms with E-state index >= 15 is 0 Å². The molecule has 6 heteroatoms. The molecule has 23 heavy (non-hydrogen) atoms. The minimum absolute atomic E-state index is 0.0663. The Balaban J connectivity index is 1.58. The summed E-state index contributed by atoms with van der Waals surface area (Å²) in [6.07, 6.45) is 0.0966. The number of rotatable bonds is 5. The van der Waals surface area contributed by atoms with Crippen molar-refractivity contribution in [3.05, 3.63) is 71.1 Å². The van der Waals surface area contributed by atoms with Gasteiger partial charge in [-0.1, -0.05) is 48.0 Å². The second-order valence-electron chi connectivity index (χ2n) is 4.80. The highest BCUT2D eigenvalue weighted by Crippen LogP contribution is 2.18. The number of hydrogen-bond acceptors (Lipinski definition) is 5. The number of halogens is 1. The lowest BCUT2D eigenvalue weighted by atomic mass is 10.1. The van der Waals surface area contributed by atoms with Crippen LogP contribution in [0, 0.1) is 0 Å². The van der Waals surface area contributed by atoms with E-state index in [1.165, 1.54) is 0 Å². The maximum absolute atomic E-state index is 11.8. The predicted molar refractivity (Wildman–Crippen MR) is 84.7 cm³/mol. The summed E-state index contributed by atoms with van der Waals surface area (Å²) in [5.74, 6) is 0.233. The van der Waals surface area contributed by atoms with Crippen LogP contribution < -0.4 is 0 Å². The summed E-state index contributed by atoms with van der Waals surface area (Å²) in [6.45, 7) is -0.0663. The lowest BCUT2D eigenvalue weighted by Crippen LogP contribution is -2.08. The molecule has 0 amide bonds. The van der Waals surface area contributed by atoms with Crippen molar-refractivity contribution in [2.45, 2.75) is 13.0 Å². The van der Waals surface area contributed by atoms with Crippen molar-refractivity contribution in [1.29, 1.82) is 0 Å². The first-order valence-electron chi connectivity index (χ1n) is 6.99. The summed E-state index contributed by atoms with van der Waals surface area (Å²) >= 11 is 6.01. The van der Waals surface area contributed by atoms with Crippen LogP contribution in [-0.4, -0.2) is 16.2 Å². The molecular formula is C17H13ClN2O3. The summed E-state index contributed by atoms with van der Waals surface area (Å²) < 4.78 is 10.6. The van der Waals surface area contributed by atoms with E-state index in [1.807, 2.05) is 36.4 Å². The molecule has 0 bridgehead atoms. The maximum Gasteiger partial charge on any atom is 0.310 e. The first-order valence-corrected chi connectivity index (χ1v) is 7.37. The Hall–Kier alpha value is -2.66. The third-order valence-corrected chi connectivity index (χ3v) is 3.51. The highest BCUT2D eigenvalue weighted by atomic mass is 35.5. The molecular weight excluding hydrogens is 316 g/mol. The van der Waals surface area contributed by atoms with E-state index in [0.717, 1.165) is 11.1 Å². The van der Waals surface area contributed by atoms with Crippen LogP contribution in [0.25, 0.3) is 11.5 Å². The predicted octanol–water partition coefficient (Wildman–Crippen LogP) is 3.68. The molecule has 5 nitrogen and oxygen atoms in total. The van der Waals surface area contributed by atoms with E-state index in [0.29, 0.717) is 10.9 Å². The Morgan fingerprint density at radius 2 is 1.78 bits per heavy atom. The van der Waals surface area contributed by atoms with Crippen molar-refractivity contribution in [1.82, 2.24) is 10.2 Å². The van der Waals surface area contributed by atoms with Gasteiger partial charge in [-0.15, -0.1) is 10.2 Å². The van der Waals surface area contributed by atoms with E-state index in [1.54, 1.807) is 18.2 Å². The molecule has 3 aromatic rings. The smallest absolute Gasteiger partial charge is 0.310 e. The number of esters is 1. The number of hydrogen-bond donors (Lipinski definition) is 0. The number of ether oxygens (including phenoxy) is 1.